The van der Waals surface area contributed by atoms with E-state index >= 15 is 0 Å². The predicted octanol–water partition coefficient (Wildman–Crippen LogP) is -2.74. The first kappa shape index (κ1) is 14.8. The second-order valence-corrected chi connectivity index (χ2v) is 4.20. The van der Waals surface area contributed by atoms with E-state index in [0.717, 1.165) is 0 Å². The molecule has 0 aliphatic heterocycles. The first-order valence-corrected chi connectivity index (χ1v) is 5.91. The summed E-state index contributed by atoms with van der Waals surface area (Å²) in [5, 5.41) is 23.6. The van der Waals surface area contributed by atoms with Gasteiger partial charge in [-0.1, -0.05) is 5.21 Å². The van der Waals surface area contributed by atoms with Gasteiger partial charge in [-0.15, -0.1) is 5.10 Å². The summed E-state index contributed by atoms with van der Waals surface area (Å²) in [4.78, 5) is 13.5. The fourth-order valence-corrected chi connectivity index (χ4v) is 1.70. The van der Waals surface area contributed by atoms with E-state index in [1.807, 2.05) is 5.43 Å². The minimum absolute atomic E-state index is 0.00525. The average Bonchev–Trinajstić information content (AvgIpc) is 3.04. The van der Waals surface area contributed by atoms with Crippen LogP contribution >= 0.6 is 0 Å². The fraction of sp³-hybridized carbons (Fsp3) is 0.444. The lowest BCUT2D eigenvalue weighted by atomic mass is 10.3. The van der Waals surface area contributed by atoms with Crippen molar-refractivity contribution >= 4 is 11.7 Å². The largest absolute Gasteiger partial charge is 0.395 e. The normalized spacial score (nSPS) is 11.0. The van der Waals surface area contributed by atoms with Crippen molar-refractivity contribution < 1.29 is 14.5 Å². The van der Waals surface area contributed by atoms with Crippen LogP contribution in [0.5, 0.6) is 0 Å². The van der Waals surface area contributed by atoms with E-state index in [0.29, 0.717) is 12.2 Å². The van der Waals surface area contributed by atoms with Gasteiger partial charge in [0.05, 0.1) is 12.3 Å². The SMILES string of the molecule is CN(CCO)Cc1c(C(=O)NN)nnn1-c1nonc1N. The van der Waals surface area contributed by atoms with Gasteiger partial charge in [-0.05, 0) is 17.4 Å². The number of nitrogens with two attached hydrogens (primary N) is 2. The number of rotatable bonds is 6. The van der Waals surface area contributed by atoms with Gasteiger partial charge >= 0.3 is 0 Å². The molecule has 0 fully saturated rings. The summed E-state index contributed by atoms with van der Waals surface area (Å²) in [6, 6.07) is 0. The summed E-state index contributed by atoms with van der Waals surface area (Å²) < 4.78 is 5.75. The van der Waals surface area contributed by atoms with Crippen molar-refractivity contribution in [2.75, 3.05) is 25.9 Å². The highest BCUT2D eigenvalue weighted by molar-refractivity contribution is 5.92. The Bertz CT molecular complexity index is 622. The third-order valence-corrected chi connectivity index (χ3v) is 2.71. The van der Waals surface area contributed by atoms with Crippen LogP contribution in [0.25, 0.3) is 5.82 Å². The first-order chi connectivity index (χ1) is 10.1. The van der Waals surface area contributed by atoms with Gasteiger partial charge in [0, 0.05) is 13.1 Å². The molecule has 2 aromatic rings. The Morgan fingerprint density at radius 2 is 2.29 bits per heavy atom. The molecule has 0 radical (unpaired) electrons. The van der Waals surface area contributed by atoms with Crippen LogP contribution in [0.15, 0.2) is 4.63 Å². The number of nitrogen functional groups attached to an aromatic ring is 2. The number of nitrogens with zero attached hydrogens (tertiary/aromatic N) is 6. The van der Waals surface area contributed by atoms with Crippen molar-refractivity contribution in [2.45, 2.75) is 6.54 Å². The number of hydrogen-bond donors (Lipinski definition) is 4. The third-order valence-electron chi connectivity index (χ3n) is 2.71. The Kier molecular flexibility index (Phi) is 4.42. The number of anilines is 1. The number of aromatic nitrogens is 5. The Balaban J connectivity index is 2.43. The zero-order chi connectivity index (χ0) is 15.4. The number of likely N-dealkylation sites (N-methyl/N-ethyl adjacent to an activating group) is 1. The average molecular weight is 297 g/mol. The minimum Gasteiger partial charge on any atom is -0.395 e. The molecule has 114 valence electrons. The van der Waals surface area contributed by atoms with Crippen LogP contribution in [0.1, 0.15) is 16.2 Å². The van der Waals surface area contributed by atoms with Crippen molar-refractivity contribution in [3.8, 4) is 5.82 Å². The highest BCUT2D eigenvalue weighted by Gasteiger charge is 2.24. The number of carbonyl (C=O) groups is 1. The molecule has 0 saturated heterocycles. The van der Waals surface area contributed by atoms with Gasteiger partial charge in [-0.3, -0.25) is 15.1 Å². The maximum Gasteiger partial charge on any atom is 0.287 e. The molecule has 0 spiro atoms. The molecule has 0 aliphatic carbocycles. The van der Waals surface area contributed by atoms with Crippen LogP contribution in [-0.4, -0.2) is 61.4 Å². The molecule has 0 saturated carbocycles. The molecule has 0 aliphatic rings. The molecule has 2 heterocycles. The molecule has 12 nitrogen and oxygen atoms in total. The summed E-state index contributed by atoms with van der Waals surface area (Å²) >= 11 is 0. The second kappa shape index (κ2) is 6.25. The van der Waals surface area contributed by atoms with Crippen LogP contribution in [0.2, 0.25) is 0 Å². The number of carbonyl (C=O) groups excluding carboxylic acids is 1. The highest BCUT2D eigenvalue weighted by Crippen LogP contribution is 2.16. The zero-order valence-electron chi connectivity index (χ0n) is 11.2. The molecule has 2 rings (SSSR count). The summed E-state index contributed by atoms with van der Waals surface area (Å²) in [7, 11) is 1.75. The van der Waals surface area contributed by atoms with Crippen LogP contribution in [0.3, 0.4) is 0 Å². The maximum atomic E-state index is 11.7. The Labute approximate surface area is 118 Å². The molecule has 21 heavy (non-hydrogen) atoms. The van der Waals surface area contributed by atoms with Crippen LogP contribution in [0, 0.1) is 0 Å². The molecule has 1 amide bonds. The molecule has 0 aromatic carbocycles. The molecule has 12 heteroatoms. The summed E-state index contributed by atoms with van der Waals surface area (Å²) in [6.07, 6.45) is 0. The van der Waals surface area contributed by atoms with Gasteiger partial charge in [0.25, 0.3) is 5.91 Å². The molecule has 6 N–H and O–H groups in total. The van der Waals surface area contributed by atoms with E-state index in [-0.39, 0.29) is 30.5 Å². The zero-order valence-corrected chi connectivity index (χ0v) is 11.2. The topological polar surface area (TPSA) is 174 Å². The molecular formula is C9H15N9O3. The van der Waals surface area contributed by atoms with Crippen molar-refractivity contribution in [3.63, 3.8) is 0 Å². The predicted molar refractivity (Wildman–Crippen MR) is 68.7 cm³/mol. The van der Waals surface area contributed by atoms with E-state index < -0.39 is 5.91 Å². The number of amides is 1. The molecule has 0 bridgehead atoms. The number of hydrazine groups is 1. The van der Waals surface area contributed by atoms with Gasteiger partial charge in [0.2, 0.25) is 11.6 Å². The summed E-state index contributed by atoms with van der Waals surface area (Å²) in [5.74, 6) is 4.63. The van der Waals surface area contributed by atoms with Crippen molar-refractivity contribution in [2.24, 2.45) is 5.84 Å². The van der Waals surface area contributed by atoms with Crippen LogP contribution in [0.4, 0.5) is 5.82 Å². The van der Waals surface area contributed by atoms with Crippen LogP contribution < -0.4 is 17.0 Å². The minimum atomic E-state index is -0.608. The van der Waals surface area contributed by atoms with Gasteiger partial charge in [-0.25, -0.2) is 10.5 Å². The molecule has 2 aromatic heterocycles. The number of nitrogens with one attached hydrogen (secondary N) is 1. The molecular weight excluding hydrogens is 282 g/mol. The number of aliphatic hydroxyl groups excluding tert-OH is 1. The van der Waals surface area contributed by atoms with E-state index in [1.54, 1.807) is 11.9 Å². The van der Waals surface area contributed by atoms with E-state index in [4.69, 9.17) is 16.7 Å². The van der Waals surface area contributed by atoms with Gasteiger partial charge in [-0.2, -0.15) is 4.68 Å². The summed E-state index contributed by atoms with van der Waals surface area (Å²) in [6.45, 7) is 0.605. The van der Waals surface area contributed by atoms with Gasteiger partial charge < -0.3 is 10.8 Å². The fourth-order valence-electron chi connectivity index (χ4n) is 1.70. The lowest BCUT2D eigenvalue weighted by molar-refractivity contribution is 0.0946. The number of hydrogen-bond acceptors (Lipinski definition) is 10. The summed E-state index contributed by atoms with van der Waals surface area (Å²) in [5.41, 5.74) is 8.00. The monoisotopic (exact) mass is 297 g/mol. The smallest absolute Gasteiger partial charge is 0.287 e. The lowest BCUT2D eigenvalue weighted by Gasteiger charge is -2.15. The number of aliphatic hydroxyl groups is 1. The van der Waals surface area contributed by atoms with Crippen molar-refractivity contribution in [3.05, 3.63) is 11.4 Å². The van der Waals surface area contributed by atoms with Crippen molar-refractivity contribution in [1.82, 2.24) is 35.6 Å². The van der Waals surface area contributed by atoms with E-state index in [2.05, 4.69) is 25.3 Å². The Morgan fingerprint density at radius 1 is 1.52 bits per heavy atom. The quantitative estimate of drug-likeness (QED) is 0.248. The maximum absolute atomic E-state index is 11.7. The molecule has 0 atom stereocenters. The lowest BCUT2D eigenvalue weighted by Crippen LogP contribution is -2.32. The first-order valence-electron chi connectivity index (χ1n) is 5.91. The second-order valence-electron chi connectivity index (χ2n) is 4.20. The van der Waals surface area contributed by atoms with E-state index in [1.165, 1.54) is 4.68 Å². The Hall–Kier alpha value is -2.57. The van der Waals surface area contributed by atoms with Gasteiger partial charge in [0.15, 0.2) is 5.69 Å². The molecule has 0 unspecified atom stereocenters. The standard InChI is InChI=1S/C9H15N9O3/c1-17(2-3-19)4-5-6(9(20)12-11)13-16-18(5)8-7(10)14-21-15-8/h19H,2-4,11H2,1H3,(H2,10,14)(H,12,20). The van der Waals surface area contributed by atoms with Crippen molar-refractivity contribution in [1.29, 1.82) is 0 Å². The van der Waals surface area contributed by atoms with E-state index in [9.17, 15) is 4.79 Å². The van der Waals surface area contributed by atoms with Gasteiger partial charge in [0.1, 0.15) is 0 Å². The highest BCUT2D eigenvalue weighted by atomic mass is 16.6. The Morgan fingerprint density at radius 3 is 2.86 bits per heavy atom. The third kappa shape index (κ3) is 2.96. The van der Waals surface area contributed by atoms with Crippen LogP contribution in [-0.2, 0) is 6.54 Å².